The van der Waals surface area contributed by atoms with Gasteiger partial charge in [0, 0.05) is 5.41 Å². The second kappa shape index (κ2) is 13.8. The third-order valence-corrected chi connectivity index (χ3v) is 17.0. The summed E-state index contributed by atoms with van der Waals surface area (Å²) in [4.78, 5) is 0. The number of ether oxygens (including phenoxy) is 4. The molecule has 7 rings (SSSR count). The maximum absolute atomic E-state index is 11.8. The normalized spacial score (nSPS) is 55.0. The van der Waals surface area contributed by atoms with Crippen molar-refractivity contribution in [3.05, 3.63) is 0 Å². The topological polar surface area (TPSA) is 219 Å². The van der Waals surface area contributed by atoms with E-state index < -0.39 is 78.5 Å². The van der Waals surface area contributed by atoms with Gasteiger partial charge in [0.2, 0.25) is 0 Å². The first-order valence-corrected chi connectivity index (χ1v) is 20.3. The molecule has 7 fully saturated rings. The first-order valence-electron chi connectivity index (χ1n) is 20.3. The van der Waals surface area contributed by atoms with Gasteiger partial charge in [0.05, 0.1) is 43.7 Å². The van der Waals surface area contributed by atoms with Crippen LogP contribution in [0.4, 0.5) is 0 Å². The fourth-order valence-electron chi connectivity index (χ4n) is 13.9. The van der Waals surface area contributed by atoms with Gasteiger partial charge in [-0.25, -0.2) is 0 Å². The van der Waals surface area contributed by atoms with Crippen molar-refractivity contribution in [3.8, 4) is 0 Å². The van der Waals surface area contributed by atoms with Crippen LogP contribution in [-0.2, 0) is 18.9 Å². The van der Waals surface area contributed by atoms with Crippen molar-refractivity contribution >= 4 is 0 Å². The van der Waals surface area contributed by atoms with E-state index in [-0.39, 0.29) is 59.2 Å². The fraction of sp³-hybridized carbons (Fsp3) is 1.00. The fourth-order valence-corrected chi connectivity index (χ4v) is 13.9. The molecular weight excluding hydrogens is 688 g/mol. The molecule has 53 heavy (non-hydrogen) atoms. The predicted molar refractivity (Wildman–Crippen MR) is 190 cm³/mol. The van der Waals surface area contributed by atoms with Gasteiger partial charge in [-0.1, -0.05) is 27.7 Å². The second-order valence-corrected chi connectivity index (χ2v) is 20.0. The Morgan fingerprint density at radius 3 is 2.02 bits per heavy atom. The van der Waals surface area contributed by atoms with Gasteiger partial charge in [-0.3, -0.25) is 0 Å². The maximum atomic E-state index is 11.8. The van der Waals surface area contributed by atoms with E-state index in [1.807, 2.05) is 0 Å². The quantitative estimate of drug-likeness (QED) is 0.143. The number of hydrogen-bond acceptors (Lipinski definition) is 13. The lowest BCUT2D eigenvalue weighted by Crippen LogP contribution is -2.63. The zero-order valence-corrected chi connectivity index (χ0v) is 32.5. The lowest BCUT2D eigenvalue weighted by Gasteiger charge is -2.63. The van der Waals surface area contributed by atoms with E-state index >= 15 is 0 Å². The van der Waals surface area contributed by atoms with E-state index in [1.165, 1.54) is 0 Å². The predicted octanol–water partition coefficient (Wildman–Crippen LogP) is 1.20. The molecule has 306 valence electrons. The van der Waals surface area contributed by atoms with Crippen molar-refractivity contribution in [1.82, 2.24) is 0 Å². The molecule has 2 spiro atoms. The molecule has 20 atom stereocenters. The van der Waals surface area contributed by atoms with Crippen LogP contribution in [0.1, 0.15) is 106 Å². The Balaban J connectivity index is 1.08. The molecule has 2 heterocycles. The van der Waals surface area contributed by atoms with Crippen LogP contribution in [0.25, 0.3) is 0 Å². The minimum atomic E-state index is -1.60. The lowest BCUT2D eigenvalue weighted by molar-refractivity contribution is -0.356. The lowest BCUT2D eigenvalue weighted by atomic mass is 9.41. The molecule has 0 aromatic heterocycles. The van der Waals surface area contributed by atoms with Gasteiger partial charge in [-0.2, -0.15) is 0 Å². The van der Waals surface area contributed by atoms with Crippen LogP contribution in [0.2, 0.25) is 0 Å². The molecule has 0 radical (unpaired) electrons. The van der Waals surface area contributed by atoms with Crippen LogP contribution in [0.3, 0.4) is 0 Å². The molecule has 0 bridgehead atoms. The molecule has 13 heteroatoms. The Morgan fingerprint density at radius 1 is 0.736 bits per heavy atom. The highest BCUT2D eigenvalue weighted by Gasteiger charge is 2.83. The molecule has 2 saturated heterocycles. The van der Waals surface area contributed by atoms with Crippen LogP contribution in [-0.4, -0.2) is 139 Å². The standard InChI is InChI=1S/C40H68O13/c1-20(7-10-26(45)35(2,3)49)28-21(42)15-38(6)25-9-8-24-36(4,19-41)27(11-12-39(24)18-40(25,39)14-13-37(28,38)5)52-34-32(30(47)23(44)17-51-34)53-33-31(48)29(46)22(43)16-50-33/h20-34,41-49H,7-19H2,1-6H3/t20?,21-,22+,23+,24?,25-,26?,27?,28?,29-,30-,31+,32+,33-,34-,36+,37+,38?,39+,40-/m0/s1. The molecular formula is C40H68O13. The number of aliphatic hydroxyl groups excluding tert-OH is 8. The van der Waals surface area contributed by atoms with Crippen LogP contribution in [0.5, 0.6) is 0 Å². The first kappa shape index (κ1) is 40.7. The van der Waals surface area contributed by atoms with Gasteiger partial charge in [-0.05, 0) is 123 Å². The molecule has 0 amide bonds. The highest BCUT2D eigenvalue weighted by Crippen LogP contribution is 2.89. The molecule has 0 aromatic rings. The molecule has 5 saturated carbocycles. The maximum Gasteiger partial charge on any atom is 0.186 e. The van der Waals surface area contributed by atoms with Gasteiger partial charge in [0.25, 0.3) is 0 Å². The van der Waals surface area contributed by atoms with E-state index in [4.69, 9.17) is 18.9 Å². The summed E-state index contributed by atoms with van der Waals surface area (Å²) < 4.78 is 24.0. The second-order valence-electron chi connectivity index (χ2n) is 20.0. The third kappa shape index (κ3) is 6.04. The summed E-state index contributed by atoms with van der Waals surface area (Å²) in [7, 11) is 0. The first-order chi connectivity index (χ1) is 24.7. The summed E-state index contributed by atoms with van der Waals surface area (Å²) in [5.74, 6) is 0.903. The van der Waals surface area contributed by atoms with E-state index in [9.17, 15) is 46.0 Å². The van der Waals surface area contributed by atoms with Crippen LogP contribution in [0.15, 0.2) is 0 Å². The minimum Gasteiger partial charge on any atom is -0.396 e. The zero-order valence-electron chi connectivity index (χ0n) is 32.5. The van der Waals surface area contributed by atoms with Gasteiger partial charge in [0.1, 0.15) is 36.6 Å². The summed E-state index contributed by atoms with van der Waals surface area (Å²) in [6.45, 7) is 11.8. The Kier molecular flexibility index (Phi) is 10.6. The van der Waals surface area contributed by atoms with E-state index in [0.717, 1.165) is 51.4 Å². The van der Waals surface area contributed by atoms with E-state index in [2.05, 4.69) is 27.7 Å². The van der Waals surface area contributed by atoms with E-state index in [1.54, 1.807) is 13.8 Å². The Morgan fingerprint density at radius 2 is 1.36 bits per heavy atom. The van der Waals surface area contributed by atoms with Crippen LogP contribution < -0.4 is 0 Å². The van der Waals surface area contributed by atoms with Crippen molar-refractivity contribution in [2.24, 2.45) is 50.7 Å². The van der Waals surface area contributed by atoms with Crippen molar-refractivity contribution in [3.63, 3.8) is 0 Å². The summed E-state index contributed by atoms with van der Waals surface area (Å²) in [6, 6.07) is 0. The summed E-state index contributed by atoms with van der Waals surface area (Å²) in [5.41, 5.74) is -1.78. The summed E-state index contributed by atoms with van der Waals surface area (Å²) in [6.07, 6.45) is -4.04. The molecule has 0 aromatic carbocycles. The highest BCUT2D eigenvalue weighted by atomic mass is 16.7. The molecule has 9 N–H and O–H groups in total. The number of fused-ring (bicyclic) bond motifs is 2. The summed E-state index contributed by atoms with van der Waals surface area (Å²) in [5, 5.41) is 96.1. The SMILES string of the molecule is CC(CCC(O)C(C)(C)O)C1[C@@H](O)CC2(C)[C@@H]3CCC4[C@@](C)(CO)C(O[C@@H]5OC[C@@H](O)[C@H](O)[C@H]5O[C@@H]5OC[C@@H](O)[C@H](O)[C@H]5O)CC[C@@]45C[C@@]35CC[C@]12C. The van der Waals surface area contributed by atoms with Gasteiger partial charge >= 0.3 is 0 Å². The summed E-state index contributed by atoms with van der Waals surface area (Å²) >= 11 is 0. The van der Waals surface area contributed by atoms with E-state index in [0.29, 0.717) is 18.8 Å². The number of rotatable bonds is 10. The highest BCUT2D eigenvalue weighted by molar-refractivity contribution is 5.31. The largest absolute Gasteiger partial charge is 0.396 e. The van der Waals surface area contributed by atoms with Gasteiger partial charge in [0.15, 0.2) is 12.6 Å². The minimum absolute atomic E-state index is 0.0408. The Bertz CT molecular complexity index is 1330. The van der Waals surface area contributed by atoms with Crippen molar-refractivity contribution < 1.29 is 64.9 Å². The zero-order chi connectivity index (χ0) is 38.7. The Hall–Kier alpha value is -0.520. The van der Waals surface area contributed by atoms with Crippen LogP contribution >= 0.6 is 0 Å². The average molecular weight is 757 g/mol. The monoisotopic (exact) mass is 756 g/mol. The molecule has 5 aliphatic carbocycles. The number of hydrogen-bond donors (Lipinski definition) is 9. The smallest absolute Gasteiger partial charge is 0.186 e. The van der Waals surface area contributed by atoms with Gasteiger partial charge in [-0.15, -0.1) is 0 Å². The van der Waals surface area contributed by atoms with Crippen molar-refractivity contribution in [1.29, 1.82) is 0 Å². The van der Waals surface area contributed by atoms with Crippen molar-refractivity contribution in [2.45, 2.75) is 179 Å². The number of aliphatic hydroxyl groups is 9. The molecule has 2 aliphatic heterocycles. The van der Waals surface area contributed by atoms with Crippen molar-refractivity contribution in [2.75, 3.05) is 19.8 Å². The van der Waals surface area contributed by atoms with Gasteiger partial charge < -0.3 is 64.9 Å². The third-order valence-electron chi connectivity index (χ3n) is 17.0. The van der Waals surface area contributed by atoms with Crippen LogP contribution in [0, 0.1) is 50.7 Å². The average Bonchev–Trinajstić information content (AvgIpc) is 3.71. The molecule has 13 nitrogen and oxygen atoms in total. The molecule has 6 unspecified atom stereocenters. The molecule has 7 aliphatic rings. The Labute approximate surface area is 314 Å².